The van der Waals surface area contributed by atoms with Gasteiger partial charge in [-0.3, -0.25) is 4.79 Å². The molecule has 0 aliphatic heterocycles. The number of methoxy groups -OCH3 is 1. The first-order valence-electron chi connectivity index (χ1n) is 7.22. The van der Waals surface area contributed by atoms with Gasteiger partial charge in [-0.1, -0.05) is 23.2 Å². The van der Waals surface area contributed by atoms with Gasteiger partial charge >= 0.3 is 6.36 Å². The SMILES string of the molecule is COCC(=O)Nc1c(SC)c(C#N)nn1-c1c(Cl)cc(OC(F)(F)F)cc1Cl. The number of anilines is 1. The predicted molar refractivity (Wildman–Crippen MR) is 97.3 cm³/mol. The van der Waals surface area contributed by atoms with Crippen molar-refractivity contribution in [1.29, 1.82) is 5.26 Å². The maximum atomic E-state index is 12.4. The van der Waals surface area contributed by atoms with Crippen molar-refractivity contribution in [1.82, 2.24) is 9.78 Å². The fraction of sp³-hybridized carbons (Fsp3) is 0.267. The molecule has 0 fully saturated rings. The second kappa shape index (κ2) is 8.91. The van der Waals surface area contributed by atoms with Crippen molar-refractivity contribution in [3.63, 3.8) is 0 Å². The molecule has 0 saturated carbocycles. The summed E-state index contributed by atoms with van der Waals surface area (Å²) in [5, 5.41) is 15.4. The highest BCUT2D eigenvalue weighted by atomic mass is 35.5. The zero-order chi connectivity index (χ0) is 21.1. The summed E-state index contributed by atoms with van der Waals surface area (Å²) >= 11 is 13.3. The molecule has 1 heterocycles. The Hall–Kier alpha value is -2.13. The monoisotopic (exact) mass is 454 g/mol. The molecule has 2 rings (SSSR count). The van der Waals surface area contributed by atoms with Crippen LogP contribution in [0.25, 0.3) is 5.69 Å². The van der Waals surface area contributed by atoms with Gasteiger partial charge in [-0.15, -0.1) is 24.9 Å². The molecule has 150 valence electrons. The van der Waals surface area contributed by atoms with E-state index in [9.17, 15) is 23.2 Å². The Kier molecular flexibility index (Phi) is 7.06. The molecular formula is C15H11Cl2F3N4O3S. The standard InChI is InChI=1S/C15H11Cl2F3N4O3S/c1-26-6-11(25)22-14-13(28-2)10(5-21)23-24(14)12-8(16)3-7(4-9(12)17)27-15(18,19)20/h3-4H,6H2,1-2H3,(H,22,25). The number of hydrogen-bond donors (Lipinski definition) is 1. The van der Waals surface area contributed by atoms with Crippen LogP contribution in [0.1, 0.15) is 5.69 Å². The van der Waals surface area contributed by atoms with Crippen LogP contribution < -0.4 is 10.1 Å². The molecule has 0 aliphatic rings. The van der Waals surface area contributed by atoms with Gasteiger partial charge in [0.2, 0.25) is 0 Å². The molecule has 7 nitrogen and oxygen atoms in total. The number of carbonyl (C=O) groups excluding carboxylic acids is 1. The highest BCUT2D eigenvalue weighted by molar-refractivity contribution is 7.98. The number of thioether (sulfide) groups is 1. The van der Waals surface area contributed by atoms with E-state index in [4.69, 9.17) is 27.9 Å². The van der Waals surface area contributed by atoms with Crippen LogP contribution in [0.2, 0.25) is 10.0 Å². The van der Waals surface area contributed by atoms with E-state index < -0.39 is 18.0 Å². The maximum Gasteiger partial charge on any atom is 0.573 e. The highest BCUT2D eigenvalue weighted by Crippen LogP contribution is 2.39. The number of carbonyl (C=O) groups is 1. The first-order valence-corrected chi connectivity index (χ1v) is 9.20. The Morgan fingerprint density at radius 1 is 1.39 bits per heavy atom. The van der Waals surface area contributed by atoms with Gasteiger partial charge in [-0.05, 0) is 6.26 Å². The predicted octanol–water partition coefficient (Wildman–Crippen LogP) is 4.26. The van der Waals surface area contributed by atoms with E-state index in [-0.39, 0.29) is 33.9 Å². The number of benzene rings is 1. The third kappa shape index (κ3) is 5.02. The average molecular weight is 455 g/mol. The summed E-state index contributed by atoms with van der Waals surface area (Å²) in [6.45, 7) is -0.277. The van der Waals surface area contributed by atoms with Crippen LogP contribution in [-0.2, 0) is 9.53 Å². The first-order chi connectivity index (χ1) is 13.1. The minimum Gasteiger partial charge on any atom is -0.406 e. The summed E-state index contributed by atoms with van der Waals surface area (Å²) in [6, 6.07) is 3.65. The third-order valence-corrected chi connectivity index (χ3v) is 4.49. The number of aromatic nitrogens is 2. The van der Waals surface area contributed by atoms with E-state index in [0.29, 0.717) is 4.90 Å². The Morgan fingerprint density at radius 3 is 2.46 bits per heavy atom. The van der Waals surface area contributed by atoms with E-state index in [0.717, 1.165) is 28.6 Å². The second-order valence-electron chi connectivity index (χ2n) is 5.02. The van der Waals surface area contributed by atoms with E-state index in [2.05, 4.69) is 15.2 Å². The van der Waals surface area contributed by atoms with Gasteiger partial charge in [-0.2, -0.15) is 10.4 Å². The lowest BCUT2D eigenvalue weighted by Crippen LogP contribution is -2.20. The molecule has 0 unspecified atom stereocenters. The van der Waals surface area contributed by atoms with Crippen LogP contribution in [0.4, 0.5) is 19.0 Å². The molecular weight excluding hydrogens is 444 g/mol. The largest absolute Gasteiger partial charge is 0.573 e. The summed E-state index contributed by atoms with van der Waals surface area (Å²) in [5.41, 5.74) is -0.0784. The number of nitrogens with one attached hydrogen (secondary N) is 1. The van der Waals surface area contributed by atoms with Gasteiger partial charge in [0.25, 0.3) is 5.91 Å². The fourth-order valence-electron chi connectivity index (χ4n) is 2.18. The van der Waals surface area contributed by atoms with Gasteiger partial charge in [0.15, 0.2) is 11.5 Å². The zero-order valence-electron chi connectivity index (χ0n) is 14.2. The topological polar surface area (TPSA) is 89.2 Å². The van der Waals surface area contributed by atoms with Gasteiger partial charge in [0, 0.05) is 19.2 Å². The molecule has 28 heavy (non-hydrogen) atoms. The van der Waals surface area contributed by atoms with E-state index >= 15 is 0 Å². The van der Waals surface area contributed by atoms with Crippen molar-refractivity contribution < 1.29 is 27.4 Å². The van der Waals surface area contributed by atoms with Crippen molar-refractivity contribution in [2.24, 2.45) is 0 Å². The van der Waals surface area contributed by atoms with Gasteiger partial charge in [0.05, 0.1) is 14.9 Å². The molecule has 0 aliphatic carbocycles. The van der Waals surface area contributed by atoms with Gasteiger partial charge < -0.3 is 14.8 Å². The Balaban J connectivity index is 2.62. The molecule has 0 spiro atoms. The summed E-state index contributed by atoms with van der Waals surface area (Å²) in [4.78, 5) is 12.3. The van der Waals surface area contributed by atoms with Crippen LogP contribution in [-0.4, -0.2) is 42.0 Å². The van der Waals surface area contributed by atoms with Gasteiger partial charge in [-0.25, -0.2) is 4.68 Å². The molecule has 0 atom stereocenters. The maximum absolute atomic E-state index is 12.4. The Morgan fingerprint density at radius 2 is 2.00 bits per heavy atom. The van der Waals surface area contributed by atoms with Crippen molar-refractivity contribution in [2.75, 3.05) is 25.3 Å². The molecule has 13 heteroatoms. The third-order valence-electron chi connectivity index (χ3n) is 3.12. The number of rotatable bonds is 6. The molecule has 2 aromatic rings. The van der Waals surface area contributed by atoms with Crippen LogP contribution in [0, 0.1) is 11.3 Å². The number of alkyl halides is 3. The van der Waals surface area contributed by atoms with Crippen molar-refractivity contribution >= 4 is 46.7 Å². The van der Waals surface area contributed by atoms with Crippen molar-refractivity contribution in [2.45, 2.75) is 11.3 Å². The number of amides is 1. The van der Waals surface area contributed by atoms with E-state index in [1.807, 2.05) is 6.07 Å². The lowest BCUT2D eigenvalue weighted by Gasteiger charge is -2.15. The van der Waals surface area contributed by atoms with Crippen LogP contribution in [0.3, 0.4) is 0 Å². The Labute approximate surface area is 171 Å². The fourth-order valence-corrected chi connectivity index (χ4v) is 3.42. The minimum absolute atomic E-state index is 0.0389. The molecule has 1 aromatic heterocycles. The van der Waals surface area contributed by atoms with Crippen molar-refractivity contribution in [3.05, 3.63) is 27.9 Å². The first kappa shape index (κ1) is 22.2. The molecule has 0 saturated heterocycles. The van der Waals surface area contributed by atoms with Gasteiger partial charge in [0.1, 0.15) is 24.1 Å². The lowest BCUT2D eigenvalue weighted by molar-refractivity contribution is -0.274. The molecule has 1 amide bonds. The van der Waals surface area contributed by atoms with Crippen LogP contribution >= 0.6 is 35.0 Å². The highest BCUT2D eigenvalue weighted by Gasteiger charge is 2.32. The zero-order valence-corrected chi connectivity index (χ0v) is 16.6. The van der Waals surface area contributed by atoms with Crippen LogP contribution in [0.15, 0.2) is 17.0 Å². The summed E-state index contributed by atoms with van der Waals surface area (Å²) in [6.07, 6.45) is -3.28. The molecule has 0 radical (unpaired) electrons. The number of halogens is 5. The molecule has 1 N–H and O–H groups in total. The quantitative estimate of drug-likeness (QED) is 0.656. The summed E-state index contributed by atoms with van der Waals surface area (Å²) in [7, 11) is 1.32. The Bertz CT molecular complexity index is 921. The second-order valence-corrected chi connectivity index (χ2v) is 6.65. The smallest absolute Gasteiger partial charge is 0.406 e. The number of nitriles is 1. The average Bonchev–Trinajstić information content (AvgIpc) is 2.90. The number of hydrogen-bond acceptors (Lipinski definition) is 6. The summed E-state index contributed by atoms with van der Waals surface area (Å²) < 4.78 is 46.9. The molecule has 0 bridgehead atoms. The van der Waals surface area contributed by atoms with E-state index in [1.54, 1.807) is 6.26 Å². The minimum atomic E-state index is -4.93. The van der Waals surface area contributed by atoms with E-state index in [1.165, 1.54) is 7.11 Å². The normalized spacial score (nSPS) is 11.2. The number of nitrogens with zero attached hydrogens (tertiary/aromatic N) is 3. The lowest BCUT2D eigenvalue weighted by atomic mass is 10.3. The van der Waals surface area contributed by atoms with Crippen LogP contribution in [0.5, 0.6) is 5.75 Å². The van der Waals surface area contributed by atoms with Crippen molar-refractivity contribution in [3.8, 4) is 17.5 Å². The summed E-state index contributed by atoms with van der Waals surface area (Å²) in [5.74, 6) is -1.11. The number of ether oxygens (including phenoxy) is 2. The molecule has 1 aromatic carbocycles.